The number of halogens is 1. The summed E-state index contributed by atoms with van der Waals surface area (Å²) in [5.41, 5.74) is 2.06. The summed E-state index contributed by atoms with van der Waals surface area (Å²) in [6, 6.07) is 16.5. The summed E-state index contributed by atoms with van der Waals surface area (Å²) in [5, 5.41) is 24.1. The lowest BCUT2D eigenvalue weighted by atomic mass is 10.1. The molecule has 0 radical (unpaired) electrons. The number of nitrogens with zero attached hydrogens (tertiary/aromatic N) is 1. The van der Waals surface area contributed by atoms with Crippen LogP contribution in [0, 0.1) is 11.3 Å². The van der Waals surface area contributed by atoms with Crippen LogP contribution in [-0.2, 0) is 17.8 Å². The number of phenols is 1. The Morgan fingerprint density at radius 3 is 2.64 bits per heavy atom. The zero-order valence-corrected chi connectivity index (χ0v) is 15.1. The molecule has 0 unspecified atom stereocenters. The van der Waals surface area contributed by atoms with Gasteiger partial charge in [-0.3, -0.25) is 4.79 Å². The smallest absolute Gasteiger partial charge is 0.263 e. The lowest BCUT2D eigenvalue weighted by molar-refractivity contribution is -0.117. The summed E-state index contributed by atoms with van der Waals surface area (Å²) in [6.45, 7) is 0.930. The number of hydrogen-bond acceptors (Lipinski definition) is 4. The quantitative estimate of drug-likeness (QED) is 0.493. The number of nitriles is 1. The molecule has 0 aliphatic carbocycles. The summed E-state index contributed by atoms with van der Waals surface area (Å²) >= 11 is 3.40. The van der Waals surface area contributed by atoms with Crippen molar-refractivity contribution < 1.29 is 9.90 Å². The molecule has 0 spiro atoms. The highest BCUT2D eigenvalue weighted by atomic mass is 79.9. The molecule has 2 aromatic carbocycles. The summed E-state index contributed by atoms with van der Waals surface area (Å²) in [6.07, 6.45) is 2.05. The van der Waals surface area contributed by atoms with Gasteiger partial charge >= 0.3 is 0 Å². The molecule has 0 aliphatic heterocycles. The lowest BCUT2D eigenvalue weighted by Crippen LogP contribution is -2.27. The first-order valence-corrected chi connectivity index (χ1v) is 8.52. The number of nitrogens with one attached hydrogen (secondary N) is 2. The van der Waals surface area contributed by atoms with Crippen molar-refractivity contribution in [3.63, 3.8) is 0 Å². The van der Waals surface area contributed by atoms with Gasteiger partial charge in [0.15, 0.2) is 0 Å². The summed E-state index contributed by atoms with van der Waals surface area (Å²) < 4.78 is 0.975. The van der Waals surface area contributed by atoms with Crippen molar-refractivity contribution in [1.82, 2.24) is 10.6 Å². The van der Waals surface area contributed by atoms with Crippen LogP contribution in [0.2, 0.25) is 0 Å². The SMILES string of the molecule is N#C/C(=C/NCc1cccc(Br)c1)C(=O)NCCc1ccc(O)cc1. The Balaban J connectivity index is 1.81. The van der Waals surface area contributed by atoms with Gasteiger partial charge in [0.05, 0.1) is 0 Å². The maximum atomic E-state index is 12.0. The number of carbonyl (C=O) groups excluding carboxylic acids is 1. The monoisotopic (exact) mass is 399 g/mol. The van der Waals surface area contributed by atoms with Crippen molar-refractivity contribution in [3.8, 4) is 11.8 Å². The maximum Gasteiger partial charge on any atom is 0.263 e. The Morgan fingerprint density at radius 1 is 1.20 bits per heavy atom. The third kappa shape index (κ3) is 6.32. The van der Waals surface area contributed by atoms with Gasteiger partial charge in [0.2, 0.25) is 0 Å². The molecule has 0 saturated heterocycles. The molecule has 128 valence electrons. The van der Waals surface area contributed by atoms with E-state index in [1.54, 1.807) is 24.3 Å². The van der Waals surface area contributed by atoms with Gasteiger partial charge in [0, 0.05) is 23.8 Å². The van der Waals surface area contributed by atoms with Crippen LogP contribution in [0.5, 0.6) is 5.75 Å². The van der Waals surface area contributed by atoms with Crippen LogP contribution in [0.1, 0.15) is 11.1 Å². The zero-order chi connectivity index (χ0) is 18.1. The summed E-state index contributed by atoms with van der Waals surface area (Å²) in [4.78, 5) is 12.0. The number of hydrogen-bond donors (Lipinski definition) is 3. The Kier molecular flexibility index (Phi) is 7.05. The minimum atomic E-state index is -0.414. The maximum absolute atomic E-state index is 12.0. The fourth-order valence-corrected chi connectivity index (χ4v) is 2.59. The van der Waals surface area contributed by atoms with E-state index in [1.165, 1.54) is 6.20 Å². The van der Waals surface area contributed by atoms with Crippen molar-refractivity contribution in [3.05, 3.63) is 75.9 Å². The predicted octanol–water partition coefficient (Wildman–Crippen LogP) is 3.01. The normalized spacial score (nSPS) is 10.8. The van der Waals surface area contributed by atoms with Crippen LogP contribution >= 0.6 is 15.9 Å². The zero-order valence-electron chi connectivity index (χ0n) is 13.5. The average molecular weight is 400 g/mol. The van der Waals surface area contributed by atoms with Gasteiger partial charge in [0.1, 0.15) is 17.4 Å². The van der Waals surface area contributed by atoms with Crippen molar-refractivity contribution in [2.75, 3.05) is 6.54 Å². The molecule has 5 nitrogen and oxygen atoms in total. The number of carbonyl (C=O) groups is 1. The van der Waals surface area contributed by atoms with E-state index in [9.17, 15) is 9.90 Å². The number of benzene rings is 2. The van der Waals surface area contributed by atoms with Crippen LogP contribution in [0.4, 0.5) is 0 Å². The standard InChI is InChI=1S/C19H18BrN3O2/c20-17-3-1-2-15(10-17)12-22-13-16(11-21)19(25)23-9-8-14-4-6-18(24)7-5-14/h1-7,10,13,22,24H,8-9,12H2,(H,23,25)/b16-13-. The number of amides is 1. The molecule has 0 atom stereocenters. The van der Waals surface area contributed by atoms with E-state index in [2.05, 4.69) is 26.6 Å². The Labute approximate surface area is 155 Å². The largest absolute Gasteiger partial charge is 0.508 e. The second-order valence-electron chi connectivity index (χ2n) is 5.35. The van der Waals surface area contributed by atoms with Crippen LogP contribution in [0.15, 0.2) is 64.8 Å². The molecule has 3 N–H and O–H groups in total. The third-order valence-electron chi connectivity index (χ3n) is 3.44. The third-order valence-corrected chi connectivity index (χ3v) is 3.94. The Morgan fingerprint density at radius 2 is 1.96 bits per heavy atom. The molecule has 6 heteroatoms. The lowest BCUT2D eigenvalue weighted by Gasteiger charge is -2.06. The van der Waals surface area contributed by atoms with Gasteiger partial charge < -0.3 is 15.7 Å². The highest BCUT2D eigenvalue weighted by Crippen LogP contribution is 2.11. The van der Waals surface area contributed by atoms with Gasteiger partial charge in [-0.05, 0) is 41.8 Å². The van der Waals surface area contributed by atoms with Crippen LogP contribution in [0.3, 0.4) is 0 Å². The van der Waals surface area contributed by atoms with E-state index >= 15 is 0 Å². The van der Waals surface area contributed by atoms with Gasteiger partial charge in [-0.2, -0.15) is 5.26 Å². The van der Waals surface area contributed by atoms with E-state index < -0.39 is 5.91 Å². The van der Waals surface area contributed by atoms with Crippen LogP contribution < -0.4 is 10.6 Å². The van der Waals surface area contributed by atoms with Crippen molar-refractivity contribution >= 4 is 21.8 Å². The molecule has 0 aromatic heterocycles. The van der Waals surface area contributed by atoms with Crippen molar-refractivity contribution in [1.29, 1.82) is 5.26 Å². The average Bonchev–Trinajstić information content (AvgIpc) is 2.60. The first-order chi connectivity index (χ1) is 12.1. The molecule has 0 aliphatic rings. The van der Waals surface area contributed by atoms with E-state index in [0.29, 0.717) is 19.5 Å². The van der Waals surface area contributed by atoms with Gasteiger partial charge in [0.25, 0.3) is 5.91 Å². The number of aromatic hydroxyl groups is 1. The van der Waals surface area contributed by atoms with Crippen molar-refractivity contribution in [2.45, 2.75) is 13.0 Å². The topological polar surface area (TPSA) is 85.2 Å². The van der Waals surface area contributed by atoms with Gasteiger partial charge in [-0.15, -0.1) is 0 Å². The van der Waals surface area contributed by atoms with E-state index in [-0.39, 0.29) is 11.3 Å². The van der Waals surface area contributed by atoms with E-state index in [4.69, 9.17) is 5.26 Å². The predicted molar refractivity (Wildman–Crippen MR) is 99.5 cm³/mol. The van der Waals surface area contributed by atoms with Crippen LogP contribution in [-0.4, -0.2) is 17.6 Å². The fraction of sp³-hybridized carbons (Fsp3) is 0.158. The number of rotatable bonds is 7. The molecule has 0 fully saturated rings. The Hall–Kier alpha value is -2.78. The van der Waals surface area contributed by atoms with Crippen LogP contribution in [0.25, 0.3) is 0 Å². The minimum absolute atomic E-state index is 0.0284. The molecule has 2 rings (SSSR count). The second kappa shape index (κ2) is 9.50. The van der Waals surface area contributed by atoms with Gasteiger partial charge in [-0.1, -0.05) is 40.2 Å². The summed E-state index contributed by atoms with van der Waals surface area (Å²) in [5.74, 6) is -0.206. The highest BCUT2D eigenvalue weighted by Gasteiger charge is 2.08. The molecular formula is C19H18BrN3O2. The molecular weight excluding hydrogens is 382 g/mol. The first kappa shape index (κ1) is 18.6. The van der Waals surface area contributed by atoms with Crippen molar-refractivity contribution in [2.24, 2.45) is 0 Å². The molecule has 0 saturated carbocycles. The molecule has 25 heavy (non-hydrogen) atoms. The van der Waals surface area contributed by atoms with Gasteiger partial charge in [-0.25, -0.2) is 0 Å². The minimum Gasteiger partial charge on any atom is -0.508 e. The molecule has 0 heterocycles. The Bertz CT molecular complexity index is 795. The summed E-state index contributed by atoms with van der Waals surface area (Å²) in [7, 11) is 0. The van der Waals surface area contributed by atoms with E-state index in [1.807, 2.05) is 30.3 Å². The number of phenolic OH excluding ortho intramolecular Hbond substituents is 1. The fourth-order valence-electron chi connectivity index (χ4n) is 2.14. The molecule has 0 bridgehead atoms. The first-order valence-electron chi connectivity index (χ1n) is 7.72. The van der Waals surface area contributed by atoms with E-state index in [0.717, 1.165) is 15.6 Å². The second-order valence-corrected chi connectivity index (χ2v) is 6.27. The highest BCUT2D eigenvalue weighted by molar-refractivity contribution is 9.10. The molecule has 1 amide bonds. The molecule has 2 aromatic rings.